The van der Waals surface area contributed by atoms with Crippen LogP contribution in [0.1, 0.15) is 36.0 Å². The highest BCUT2D eigenvalue weighted by Crippen LogP contribution is 2.26. The molecule has 1 saturated heterocycles. The van der Waals surface area contributed by atoms with Gasteiger partial charge in [-0.15, -0.1) is 0 Å². The third-order valence-corrected chi connectivity index (χ3v) is 4.97. The Kier molecular flexibility index (Phi) is 4.52. The van der Waals surface area contributed by atoms with Gasteiger partial charge in [-0.3, -0.25) is 4.90 Å². The van der Waals surface area contributed by atoms with Crippen molar-refractivity contribution in [2.45, 2.75) is 31.7 Å². The molecule has 0 radical (unpaired) electrons. The molecule has 3 rings (SSSR count). The molecule has 21 heavy (non-hydrogen) atoms. The Balaban J connectivity index is 1.82. The van der Waals surface area contributed by atoms with Crippen LogP contribution in [0.3, 0.4) is 0 Å². The van der Waals surface area contributed by atoms with Crippen LogP contribution < -0.4 is 5.73 Å². The van der Waals surface area contributed by atoms with E-state index in [1.54, 1.807) is 0 Å². The maximum Gasteiger partial charge on any atom is 0.146 e. The zero-order valence-electron chi connectivity index (χ0n) is 13.3. The molecular weight excluding hydrogens is 262 g/mol. The number of rotatable bonds is 2. The minimum absolute atomic E-state index is 0.315. The van der Waals surface area contributed by atoms with E-state index in [0.29, 0.717) is 12.0 Å². The molecule has 0 spiro atoms. The van der Waals surface area contributed by atoms with Gasteiger partial charge in [-0.25, -0.2) is 9.97 Å². The average Bonchev–Trinajstić information content (AvgIpc) is 2.67. The molecule has 5 nitrogen and oxygen atoms in total. The van der Waals surface area contributed by atoms with Crippen LogP contribution in [0.25, 0.3) is 0 Å². The van der Waals surface area contributed by atoms with Gasteiger partial charge in [0.2, 0.25) is 0 Å². The maximum atomic E-state index is 5.81. The molecule has 1 aromatic heterocycles. The minimum atomic E-state index is 0.315. The highest BCUT2D eigenvalue weighted by molar-refractivity contribution is 5.22. The predicted molar refractivity (Wildman–Crippen MR) is 84.1 cm³/mol. The van der Waals surface area contributed by atoms with E-state index in [1.807, 2.05) is 0 Å². The van der Waals surface area contributed by atoms with Gasteiger partial charge >= 0.3 is 0 Å². The molecule has 1 aromatic rings. The largest absolute Gasteiger partial charge is 0.330 e. The minimum Gasteiger partial charge on any atom is -0.330 e. The highest BCUT2D eigenvalue weighted by atomic mass is 15.2. The third kappa shape index (κ3) is 3.25. The Morgan fingerprint density at radius 3 is 3.00 bits per heavy atom. The van der Waals surface area contributed by atoms with Gasteiger partial charge in [-0.05, 0) is 70.9 Å². The van der Waals surface area contributed by atoms with E-state index in [4.69, 9.17) is 15.7 Å². The first-order valence-corrected chi connectivity index (χ1v) is 8.11. The van der Waals surface area contributed by atoms with E-state index in [1.165, 1.54) is 24.1 Å². The quantitative estimate of drug-likeness (QED) is 0.874. The van der Waals surface area contributed by atoms with Crippen molar-refractivity contribution in [3.8, 4) is 0 Å². The summed E-state index contributed by atoms with van der Waals surface area (Å²) in [6.07, 6.45) is 6.54. The average molecular weight is 289 g/mol. The van der Waals surface area contributed by atoms with Crippen molar-refractivity contribution >= 4 is 0 Å². The van der Waals surface area contributed by atoms with Crippen molar-refractivity contribution in [2.24, 2.45) is 11.7 Å². The van der Waals surface area contributed by atoms with Crippen molar-refractivity contribution in [3.05, 3.63) is 23.3 Å². The second kappa shape index (κ2) is 6.38. The number of hydrogen-bond acceptors (Lipinski definition) is 5. The van der Waals surface area contributed by atoms with Gasteiger partial charge in [0.15, 0.2) is 0 Å². The summed E-state index contributed by atoms with van der Waals surface area (Å²) in [6.45, 7) is 4.06. The summed E-state index contributed by atoms with van der Waals surface area (Å²) in [5.41, 5.74) is 8.37. The number of nitrogens with zero attached hydrogens (tertiary/aromatic N) is 4. The fourth-order valence-electron chi connectivity index (χ4n) is 3.51. The lowest BCUT2D eigenvalue weighted by Gasteiger charge is -2.28. The van der Waals surface area contributed by atoms with Crippen molar-refractivity contribution in [2.75, 3.05) is 40.3 Å². The SMILES string of the molecule is CN1CCCN(C)C(c2ncc3c(n2)CCC(CN)C3)C1. The molecule has 1 aliphatic carbocycles. The number of hydrogen-bond donors (Lipinski definition) is 1. The number of aromatic nitrogens is 2. The number of likely N-dealkylation sites (N-methyl/N-ethyl adjacent to an activating group) is 2. The Morgan fingerprint density at radius 2 is 2.19 bits per heavy atom. The summed E-state index contributed by atoms with van der Waals surface area (Å²) in [5, 5.41) is 0. The summed E-state index contributed by atoms with van der Waals surface area (Å²) in [7, 11) is 4.38. The van der Waals surface area contributed by atoms with Crippen LogP contribution in [0.2, 0.25) is 0 Å². The molecule has 2 N–H and O–H groups in total. The van der Waals surface area contributed by atoms with Crippen LogP contribution >= 0.6 is 0 Å². The van der Waals surface area contributed by atoms with Gasteiger partial charge in [0.1, 0.15) is 5.82 Å². The first-order chi connectivity index (χ1) is 10.2. The predicted octanol–water partition coefficient (Wildman–Crippen LogP) is 0.849. The number of aryl methyl sites for hydroxylation is 1. The van der Waals surface area contributed by atoms with E-state index in [0.717, 1.165) is 44.8 Å². The normalized spacial score (nSPS) is 28.1. The first-order valence-electron chi connectivity index (χ1n) is 8.11. The zero-order chi connectivity index (χ0) is 14.8. The number of nitrogens with two attached hydrogens (primary N) is 1. The standard InChI is InChI=1S/C16H27N5/c1-20-6-3-7-21(2)15(11-20)16-18-10-13-8-12(9-17)4-5-14(13)19-16/h10,12,15H,3-9,11,17H2,1-2H3. The van der Waals surface area contributed by atoms with Gasteiger partial charge in [0, 0.05) is 18.4 Å². The monoisotopic (exact) mass is 289 g/mol. The summed E-state index contributed by atoms with van der Waals surface area (Å²) in [4.78, 5) is 14.4. The summed E-state index contributed by atoms with van der Waals surface area (Å²) < 4.78 is 0. The first kappa shape index (κ1) is 14.9. The van der Waals surface area contributed by atoms with Gasteiger partial charge < -0.3 is 10.6 Å². The second-order valence-corrected chi connectivity index (χ2v) is 6.66. The van der Waals surface area contributed by atoms with E-state index in [2.05, 4.69) is 30.1 Å². The molecular formula is C16H27N5. The van der Waals surface area contributed by atoms with E-state index >= 15 is 0 Å². The molecule has 116 valence electrons. The molecule has 5 heteroatoms. The molecule has 0 saturated carbocycles. The summed E-state index contributed by atoms with van der Waals surface area (Å²) >= 11 is 0. The number of fused-ring (bicyclic) bond motifs is 1. The zero-order valence-corrected chi connectivity index (χ0v) is 13.3. The van der Waals surface area contributed by atoms with Gasteiger partial charge in [0.25, 0.3) is 0 Å². The Bertz CT molecular complexity index is 490. The molecule has 2 aliphatic rings. The van der Waals surface area contributed by atoms with Crippen LogP contribution in [-0.4, -0.2) is 60.0 Å². The molecule has 1 fully saturated rings. The molecule has 2 heterocycles. The van der Waals surface area contributed by atoms with Crippen molar-refractivity contribution in [3.63, 3.8) is 0 Å². The summed E-state index contributed by atoms with van der Waals surface area (Å²) in [5.74, 6) is 1.61. The topological polar surface area (TPSA) is 58.3 Å². The third-order valence-electron chi connectivity index (χ3n) is 4.97. The fourth-order valence-corrected chi connectivity index (χ4v) is 3.51. The van der Waals surface area contributed by atoms with Crippen LogP contribution in [0, 0.1) is 5.92 Å². The molecule has 2 unspecified atom stereocenters. The van der Waals surface area contributed by atoms with Gasteiger partial charge in [-0.2, -0.15) is 0 Å². The Morgan fingerprint density at radius 1 is 1.33 bits per heavy atom. The van der Waals surface area contributed by atoms with Gasteiger partial charge in [0.05, 0.1) is 6.04 Å². The molecule has 0 aromatic carbocycles. The molecule has 0 bridgehead atoms. The van der Waals surface area contributed by atoms with Crippen LogP contribution in [0.5, 0.6) is 0 Å². The van der Waals surface area contributed by atoms with E-state index in [-0.39, 0.29) is 0 Å². The van der Waals surface area contributed by atoms with Crippen LogP contribution in [0.15, 0.2) is 6.20 Å². The Labute approximate surface area is 127 Å². The van der Waals surface area contributed by atoms with Crippen LogP contribution in [-0.2, 0) is 12.8 Å². The van der Waals surface area contributed by atoms with Crippen LogP contribution in [0.4, 0.5) is 0 Å². The maximum absolute atomic E-state index is 5.81. The Hall–Kier alpha value is -1.04. The molecule has 0 amide bonds. The lowest BCUT2D eigenvalue weighted by atomic mass is 9.87. The van der Waals surface area contributed by atoms with Crippen molar-refractivity contribution in [1.82, 2.24) is 19.8 Å². The summed E-state index contributed by atoms with van der Waals surface area (Å²) in [6, 6.07) is 0.315. The lowest BCUT2D eigenvalue weighted by molar-refractivity contribution is 0.219. The highest BCUT2D eigenvalue weighted by Gasteiger charge is 2.26. The van der Waals surface area contributed by atoms with E-state index in [9.17, 15) is 0 Å². The fraction of sp³-hybridized carbons (Fsp3) is 0.750. The van der Waals surface area contributed by atoms with E-state index < -0.39 is 0 Å². The second-order valence-electron chi connectivity index (χ2n) is 6.66. The molecule has 1 aliphatic heterocycles. The smallest absolute Gasteiger partial charge is 0.146 e. The molecule has 2 atom stereocenters. The lowest BCUT2D eigenvalue weighted by Crippen LogP contribution is -2.32. The van der Waals surface area contributed by atoms with Crippen molar-refractivity contribution in [1.29, 1.82) is 0 Å². The van der Waals surface area contributed by atoms with Crippen molar-refractivity contribution < 1.29 is 0 Å². The van der Waals surface area contributed by atoms with Gasteiger partial charge in [-0.1, -0.05) is 0 Å².